The molecule has 1 atom stereocenters. The molecule has 0 radical (unpaired) electrons. The average Bonchev–Trinajstić information content (AvgIpc) is 2.27. The number of fused-ring (bicyclic) bond motifs is 1. The zero-order valence-corrected chi connectivity index (χ0v) is 9.16. The van der Waals surface area contributed by atoms with E-state index < -0.39 is 0 Å². The normalized spacial score (nSPS) is 18.5. The topological polar surface area (TPSA) is 39.7 Å². The number of nitrogens with one attached hydrogen (secondary N) is 1. The highest BCUT2D eigenvalue weighted by Gasteiger charge is 2.18. The SMILES string of the molecule is COc1cc2c(cc1OC)OCC(C)N2. The van der Waals surface area contributed by atoms with Crippen LogP contribution >= 0.6 is 0 Å². The zero-order valence-electron chi connectivity index (χ0n) is 9.16. The fourth-order valence-corrected chi connectivity index (χ4v) is 1.61. The molecule has 1 N–H and O–H groups in total. The number of ether oxygens (including phenoxy) is 3. The molecule has 0 bridgehead atoms. The molecule has 1 heterocycles. The van der Waals surface area contributed by atoms with Gasteiger partial charge in [-0.2, -0.15) is 0 Å². The van der Waals surface area contributed by atoms with Crippen molar-refractivity contribution in [3.63, 3.8) is 0 Å². The average molecular weight is 209 g/mol. The predicted molar refractivity (Wildman–Crippen MR) is 58.1 cm³/mol. The first kappa shape index (κ1) is 9.96. The molecule has 0 spiro atoms. The summed E-state index contributed by atoms with van der Waals surface area (Å²) in [6.45, 7) is 2.74. The molecule has 1 aromatic rings. The minimum absolute atomic E-state index is 0.315. The van der Waals surface area contributed by atoms with E-state index in [4.69, 9.17) is 14.2 Å². The van der Waals surface area contributed by atoms with Gasteiger partial charge in [0.2, 0.25) is 0 Å². The Hall–Kier alpha value is -1.58. The van der Waals surface area contributed by atoms with Crippen LogP contribution in [0.3, 0.4) is 0 Å². The molecule has 1 aromatic carbocycles. The summed E-state index contributed by atoms with van der Waals surface area (Å²) < 4.78 is 16.0. The lowest BCUT2D eigenvalue weighted by molar-refractivity contribution is 0.287. The molecule has 0 aliphatic carbocycles. The van der Waals surface area contributed by atoms with E-state index in [2.05, 4.69) is 12.2 Å². The number of methoxy groups -OCH3 is 2. The Kier molecular flexibility index (Phi) is 2.58. The van der Waals surface area contributed by atoms with Gasteiger partial charge in [0.25, 0.3) is 0 Å². The van der Waals surface area contributed by atoms with Gasteiger partial charge in [-0.15, -0.1) is 0 Å². The number of anilines is 1. The lowest BCUT2D eigenvalue weighted by atomic mass is 10.2. The largest absolute Gasteiger partial charge is 0.493 e. The van der Waals surface area contributed by atoms with Gasteiger partial charge >= 0.3 is 0 Å². The highest BCUT2D eigenvalue weighted by Crippen LogP contribution is 2.39. The molecule has 0 fully saturated rings. The van der Waals surface area contributed by atoms with Crippen molar-refractivity contribution < 1.29 is 14.2 Å². The highest BCUT2D eigenvalue weighted by molar-refractivity contribution is 5.65. The van der Waals surface area contributed by atoms with E-state index in [0.29, 0.717) is 24.1 Å². The van der Waals surface area contributed by atoms with E-state index in [0.717, 1.165) is 11.4 Å². The molecule has 0 saturated heterocycles. The Labute approximate surface area is 89.1 Å². The number of rotatable bonds is 2. The van der Waals surface area contributed by atoms with Crippen LogP contribution in [0.25, 0.3) is 0 Å². The maximum atomic E-state index is 5.58. The van der Waals surface area contributed by atoms with E-state index >= 15 is 0 Å². The summed E-state index contributed by atoms with van der Waals surface area (Å²) in [4.78, 5) is 0. The zero-order chi connectivity index (χ0) is 10.8. The van der Waals surface area contributed by atoms with Crippen molar-refractivity contribution in [2.24, 2.45) is 0 Å². The lowest BCUT2D eigenvalue weighted by Gasteiger charge is -2.25. The number of hydrogen-bond donors (Lipinski definition) is 1. The summed E-state index contributed by atoms with van der Waals surface area (Å²) in [7, 11) is 3.24. The quantitative estimate of drug-likeness (QED) is 0.807. The molecule has 0 amide bonds. The third-order valence-electron chi connectivity index (χ3n) is 2.38. The summed E-state index contributed by atoms with van der Waals surface area (Å²) in [5, 5.41) is 3.33. The molecular weight excluding hydrogens is 194 g/mol. The molecule has 0 saturated carbocycles. The van der Waals surface area contributed by atoms with Gasteiger partial charge in [-0.3, -0.25) is 0 Å². The third kappa shape index (κ3) is 1.79. The molecule has 1 unspecified atom stereocenters. The van der Waals surface area contributed by atoms with E-state index in [-0.39, 0.29) is 0 Å². The van der Waals surface area contributed by atoms with Crippen molar-refractivity contribution >= 4 is 5.69 Å². The van der Waals surface area contributed by atoms with Gasteiger partial charge < -0.3 is 19.5 Å². The standard InChI is InChI=1S/C11H15NO3/c1-7-6-15-9-5-11(14-3)10(13-2)4-8(9)12-7/h4-5,7,12H,6H2,1-3H3. The molecule has 2 rings (SSSR count). The van der Waals surface area contributed by atoms with Crippen LogP contribution in [0.2, 0.25) is 0 Å². The summed E-state index contributed by atoms with van der Waals surface area (Å²) in [6, 6.07) is 4.05. The Balaban J connectivity index is 2.41. The van der Waals surface area contributed by atoms with E-state index in [1.807, 2.05) is 12.1 Å². The summed E-state index contributed by atoms with van der Waals surface area (Å²) in [5.74, 6) is 2.21. The van der Waals surface area contributed by atoms with Crippen LogP contribution in [0.1, 0.15) is 6.92 Å². The first-order valence-electron chi connectivity index (χ1n) is 4.90. The Morgan fingerprint density at radius 3 is 2.60 bits per heavy atom. The van der Waals surface area contributed by atoms with Crippen LogP contribution in [0.5, 0.6) is 17.2 Å². The van der Waals surface area contributed by atoms with E-state index in [1.165, 1.54) is 0 Å². The fourth-order valence-electron chi connectivity index (χ4n) is 1.61. The summed E-state index contributed by atoms with van der Waals surface area (Å²) >= 11 is 0. The Morgan fingerprint density at radius 1 is 1.27 bits per heavy atom. The first-order valence-corrected chi connectivity index (χ1v) is 4.90. The van der Waals surface area contributed by atoms with Crippen LogP contribution in [0.4, 0.5) is 5.69 Å². The number of hydrogen-bond acceptors (Lipinski definition) is 4. The molecule has 82 valence electrons. The maximum Gasteiger partial charge on any atom is 0.164 e. The minimum atomic E-state index is 0.315. The van der Waals surface area contributed by atoms with Crippen molar-refractivity contribution in [2.45, 2.75) is 13.0 Å². The van der Waals surface area contributed by atoms with Crippen LogP contribution in [-0.4, -0.2) is 26.9 Å². The van der Waals surface area contributed by atoms with Crippen LogP contribution in [-0.2, 0) is 0 Å². The molecule has 0 aromatic heterocycles. The van der Waals surface area contributed by atoms with Crippen molar-refractivity contribution in [1.29, 1.82) is 0 Å². The van der Waals surface area contributed by atoms with Gasteiger partial charge in [-0.1, -0.05) is 0 Å². The van der Waals surface area contributed by atoms with Crippen LogP contribution in [0.15, 0.2) is 12.1 Å². The minimum Gasteiger partial charge on any atom is -0.493 e. The Morgan fingerprint density at radius 2 is 1.93 bits per heavy atom. The molecule has 4 nitrogen and oxygen atoms in total. The summed E-state index contributed by atoms with van der Waals surface area (Å²) in [5.41, 5.74) is 0.950. The van der Waals surface area contributed by atoms with E-state index in [9.17, 15) is 0 Å². The van der Waals surface area contributed by atoms with Crippen molar-refractivity contribution in [2.75, 3.05) is 26.1 Å². The van der Waals surface area contributed by atoms with Gasteiger partial charge in [0, 0.05) is 12.1 Å². The smallest absolute Gasteiger partial charge is 0.164 e. The second kappa shape index (κ2) is 3.88. The lowest BCUT2D eigenvalue weighted by Crippen LogP contribution is -2.28. The van der Waals surface area contributed by atoms with Gasteiger partial charge in [0.05, 0.1) is 25.9 Å². The van der Waals surface area contributed by atoms with Crippen LogP contribution in [0, 0.1) is 0 Å². The third-order valence-corrected chi connectivity index (χ3v) is 2.38. The molecule has 1 aliphatic rings. The van der Waals surface area contributed by atoms with Crippen LogP contribution < -0.4 is 19.5 Å². The monoisotopic (exact) mass is 209 g/mol. The van der Waals surface area contributed by atoms with Gasteiger partial charge in [0.1, 0.15) is 12.4 Å². The predicted octanol–water partition coefficient (Wildman–Crippen LogP) is 1.90. The van der Waals surface area contributed by atoms with Gasteiger partial charge in [-0.25, -0.2) is 0 Å². The van der Waals surface area contributed by atoms with Crippen molar-refractivity contribution in [1.82, 2.24) is 0 Å². The highest BCUT2D eigenvalue weighted by atomic mass is 16.5. The molecule has 1 aliphatic heterocycles. The van der Waals surface area contributed by atoms with Gasteiger partial charge in [-0.05, 0) is 6.92 Å². The molecule has 15 heavy (non-hydrogen) atoms. The van der Waals surface area contributed by atoms with Crippen molar-refractivity contribution in [3.8, 4) is 17.2 Å². The second-order valence-corrected chi connectivity index (χ2v) is 3.56. The maximum absolute atomic E-state index is 5.58. The molecular formula is C11H15NO3. The fraction of sp³-hybridized carbons (Fsp3) is 0.455. The van der Waals surface area contributed by atoms with E-state index in [1.54, 1.807) is 14.2 Å². The second-order valence-electron chi connectivity index (χ2n) is 3.56. The van der Waals surface area contributed by atoms with Gasteiger partial charge in [0.15, 0.2) is 11.5 Å². The summed E-state index contributed by atoms with van der Waals surface area (Å²) in [6.07, 6.45) is 0. The first-order chi connectivity index (χ1) is 7.24. The Bertz CT molecular complexity index is 365. The molecule has 4 heteroatoms. The van der Waals surface area contributed by atoms with Crippen molar-refractivity contribution in [3.05, 3.63) is 12.1 Å². The number of benzene rings is 1.